The second kappa shape index (κ2) is 6.00. The van der Waals surface area contributed by atoms with Gasteiger partial charge in [-0.15, -0.1) is 0 Å². The van der Waals surface area contributed by atoms with Gasteiger partial charge in [-0.05, 0) is 19.9 Å². The van der Waals surface area contributed by atoms with Crippen molar-refractivity contribution in [2.24, 2.45) is 7.05 Å². The first-order chi connectivity index (χ1) is 10.3. The Labute approximate surface area is 127 Å². The predicted octanol–water partition coefficient (Wildman–Crippen LogP) is 0.843. The van der Waals surface area contributed by atoms with E-state index >= 15 is 0 Å². The average Bonchev–Trinajstić information content (AvgIpc) is 3.04. The lowest BCUT2D eigenvalue weighted by Gasteiger charge is -2.15. The molecule has 1 unspecified atom stereocenters. The molecule has 22 heavy (non-hydrogen) atoms. The van der Waals surface area contributed by atoms with E-state index in [0.29, 0.717) is 6.54 Å². The minimum absolute atomic E-state index is 0.220. The van der Waals surface area contributed by atoms with Crippen molar-refractivity contribution in [2.75, 3.05) is 7.05 Å². The third-order valence-corrected chi connectivity index (χ3v) is 3.45. The van der Waals surface area contributed by atoms with Gasteiger partial charge in [0.2, 0.25) is 0 Å². The van der Waals surface area contributed by atoms with E-state index in [1.807, 2.05) is 20.2 Å². The van der Waals surface area contributed by atoms with Crippen molar-refractivity contribution in [3.63, 3.8) is 0 Å². The number of hydrogen-bond donors (Lipinski definition) is 1. The molecule has 1 amide bonds. The van der Waals surface area contributed by atoms with E-state index in [4.69, 9.17) is 5.11 Å². The van der Waals surface area contributed by atoms with E-state index in [1.54, 1.807) is 11.7 Å². The van der Waals surface area contributed by atoms with Gasteiger partial charge in [0.05, 0.1) is 5.69 Å². The van der Waals surface area contributed by atoms with Crippen molar-refractivity contribution in [3.05, 3.63) is 35.4 Å². The molecule has 1 N–H and O–H groups in total. The van der Waals surface area contributed by atoms with Crippen LogP contribution in [-0.4, -0.2) is 48.5 Å². The number of carbonyl (C=O) groups excluding carboxylic acids is 1. The van der Waals surface area contributed by atoms with Gasteiger partial charge < -0.3 is 10.0 Å². The first-order valence-electron chi connectivity index (χ1n) is 6.82. The summed E-state index contributed by atoms with van der Waals surface area (Å²) in [6, 6.07) is 0.710. The van der Waals surface area contributed by atoms with E-state index in [2.05, 4.69) is 10.2 Å². The van der Waals surface area contributed by atoms with Crippen LogP contribution in [0.3, 0.4) is 0 Å². The zero-order chi connectivity index (χ0) is 16.4. The van der Waals surface area contributed by atoms with Crippen LogP contribution < -0.4 is 0 Å². The maximum absolute atomic E-state index is 12.3. The number of nitrogens with zero attached hydrogens (tertiary/aromatic N) is 5. The van der Waals surface area contributed by atoms with Gasteiger partial charge in [-0.25, -0.2) is 4.79 Å². The van der Waals surface area contributed by atoms with E-state index in [0.717, 1.165) is 11.3 Å². The fraction of sp³-hybridized carbons (Fsp3) is 0.429. The predicted molar refractivity (Wildman–Crippen MR) is 78.3 cm³/mol. The maximum atomic E-state index is 12.3. The van der Waals surface area contributed by atoms with Gasteiger partial charge in [-0.1, -0.05) is 0 Å². The molecule has 2 aromatic rings. The zero-order valence-electron chi connectivity index (χ0n) is 13.0. The summed E-state index contributed by atoms with van der Waals surface area (Å²) in [4.78, 5) is 24.8. The number of rotatable bonds is 5. The molecule has 2 rings (SSSR count). The van der Waals surface area contributed by atoms with Crippen LogP contribution in [0.2, 0.25) is 0 Å². The molecule has 2 aromatic heterocycles. The normalized spacial score (nSPS) is 12.2. The number of carbonyl (C=O) groups is 2. The van der Waals surface area contributed by atoms with Gasteiger partial charge in [0.25, 0.3) is 5.91 Å². The van der Waals surface area contributed by atoms with Crippen LogP contribution in [0, 0.1) is 6.92 Å². The second-order valence-corrected chi connectivity index (χ2v) is 5.27. The first kappa shape index (κ1) is 15.7. The van der Waals surface area contributed by atoms with Crippen molar-refractivity contribution in [3.8, 4) is 0 Å². The Morgan fingerprint density at radius 3 is 2.64 bits per heavy atom. The highest BCUT2D eigenvalue weighted by molar-refractivity contribution is 5.92. The Kier molecular flexibility index (Phi) is 4.30. The molecule has 0 radical (unpaired) electrons. The quantitative estimate of drug-likeness (QED) is 0.883. The second-order valence-electron chi connectivity index (χ2n) is 5.27. The largest absolute Gasteiger partial charge is 0.480 e. The Balaban J connectivity index is 2.11. The van der Waals surface area contributed by atoms with Crippen LogP contribution >= 0.6 is 0 Å². The summed E-state index contributed by atoms with van der Waals surface area (Å²) in [7, 11) is 3.50. The van der Waals surface area contributed by atoms with E-state index in [1.165, 1.54) is 28.8 Å². The van der Waals surface area contributed by atoms with Gasteiger partial charge in [-0.3, -0.25) is 14.2 Å². The Hall–Kier alpha value is -2.64. The Morgan fingerprint density at radius 1 is 1.41 bits per heavy atom. The molecule has 0 aliphatic heterocycles. The van der Waals surface area contributed by atoms with Crippen molar-refractivity contribution in [2.45, 2.75) is 26.4 Å². The van der Waals surface area contributed by atoms with Crippen molar-refractivity contribution < 1.29 is 14.7 Å². The van der Waals surface area contributed by atoms with Gasteiger partial charge in [-0.2, -0.15) is 10.2 Å². The third kappa shape index (κ3) is 3.16. The van der Waals surface area contributed by atoms with Gasteiger partial charge in [0, 0.05) is 38.6 Å². The van der Waals surface area contributed by atoms with Crippen LogP contribution in [0.25, 0.3) is 0 Å². The lowest BCUT2D eigenvalue weighted by atomic mass is 10.2. The van der Waals surface area contributed by atoms with Crippen LogP contribution in [-0.2, 0) is 18.4 Å². The SMILES string of the molecule is Cc1nn(C)cc1CN(C)C(=O)c1ccn(C(C)C(=O)O)n1. The molecule has 8 nitrogen and oxygen atoms in total. The highest BCUT2D eigenvalue weighted by Crippen LogP contribution is 2.11. The number of hydrogen-bond acceptors (Lipinski definition) is 4. The van der Waals surface area contributed by atoms with Gasteiger partial charge in [0.15, 0.2) is 0 Å². The Morgan fingerprint density at radius 2 is 2.09 bits per heavy atom. The van der Waals surface area contributed by atoms with E-state index in [-0.39, 0.29) is 11.6 Å². The summed E-state index contributed by atoms with van der Waals surface area (Å²) in [6.07, 6.45) is 3.36. The van der Waals surface area contributed by atoms with Crippen LogP contribution in [0.4, 0.5) is 0 Å². The Bertz CT molecular complexity index is 703. The fourth-order valence-electron chi connectivity index (χ4n) is 2.11. The summed E-state index contributed by atoms with van der Waals surface area (Å²) >= 11 is 0. The number of aryl methyl sites for hydroxylation is 2. The third-order valence-electron chi connectivity index (χ3n) is 3.45. The lowest BCUT2D eigenvalue weighted by molar-refractivity contribution is -0.140. The molecule has 0 aliphatic carbocycles. The molecule has 8 heteroatoms. The summed E-state index contributed by atoms with van der Waals surface area (Å²) < 4.78 is 2.96. The molecular weight excluding hydrogens is 286 g/mol. The number of carboxylic acids is 1. The van der Waals surface area contributed by atoms with Crippen molar-refractivity contribution in [1.29, 1.82) is 0 Å². The zero-order valence-corrected chi connectivity index (χ0v) is 13.0. The summed E-state index contributed by atoms with van der Waals surface area (Å²) in [5.74, 6) is -1.26. The standard InChI is InChI=1S/C14H19N5O3/c1-9-11(8-18(4)15-9)7-17(3)13(20)12-5-6-19(16-12)10(2)14(21)22/h5-6,8,10H,7H2,1-4H3,(H,21,22). The maximum Gasteiger partial charge on any atom is 0.328 e. The first-order valence-corrected chi connectivity index (χ1v) is 6.82. The molecule has 0 bridgehead atoms. The number of amides is 1. The number of aliphatic carboxylic acids is 1. The minimum Gasteiger partial charge on any atom is -0.480 e. The molecule has 1 atom stereocenters. The molecule has 0 aliphatic rings. The molecule has 0 saturated heterocycles. The van der Waals surface area contributed by atoms with Crippen LogP contribution in [0.15, 0.2) is 18.5 Å². The molecule has 0 spiro atoms. The highest BCUT2D eigenvalue weighted by Gasteiger charge is 2.20. The van der Waals surface area contributed by atoms with Crippen LogP contribution in [0.1, 0.15) is 34.7 Å². The van der Waals surface area contributed by atoms with Crippen molar-refractivity contribution in [1.82, 2.24) is 24.5 Å². The van der Waals surface area contributed by atoms with E-state index < -0.39 is 12.0 Å². The fourth-order valence-corrected chi connectivity index (χ4v) is 2.11. The lowest BCUT2D eigenvalue weighted by Crippen LogP contribution is -2.27. The van der Waals surface area contributed by atoms with Gasteiger partial charge in [0.1, 0.15) is 11.7 Å². The molecule has 2 heterocycles. The topological polar surface area (TPSA) is 93.2 Å². The monoisotopic (exact) mass is 305 g/mol. The van der Waals surface area contributed by atoms with Crippen LogP contribution in [0.5, 0.6) is 0 Å². The summed E-state index contributed by atoms with van der Waals surface area (Å²) in [5.41, 5.74) is 2.04. The van der Waals surface area contributed by atoms with Crippen molar-refractivity contribution >= 4 is 11.9 Å². The molecular formula is C14H19N5O3. The molecule has 0 saturated carbocycles. The summed E-state index contributed by atoms with van der Waals surface area (Å²) in [5, 5.41) is 17.2. The average molecular weight is 305 g/mol. The molecule has 0 aromatic carbocycles. The summed E-state index contributed by atoms with van der Waals surface area (Å²) in [6.45, 7) is 3.81. The molecule has 0 fully saturated rings. The smallest absolute Gasteiger partial charge is 0.328 e. The highest BCUT2D eigenvalue weighted by atomic mass is 16.4. The number of aromatic nitrogens is 4. The van der Waals surface area contributed by atoms with Gasteiger partial charge >= 0.3 is 5.97 Å². The van der Waals surface area contributed by atoms with E-state index in [9.17, 15) is 9.59 Å². The minimum atomic E-state index is -0.999. The number of carboxylic acid groups (broad SMARTS) is 1. The molecule has 118 valence electrons.